The van der Waals surface area contributed by atoms with Crippen LogP contribution in [0.3, 0.4) is 0 Å². The summed E-state index contributed by atoms with van der Waals surface area (Å²) < 4.78 is 6.10. The Morgan fingerprint density at radius 3 is 2.84 bits per heavy atom. The third kappa shape index (κ3) is 2.94. The van der Waals surface area contributed by atoms with Crippen LogP contribution in [0.25, 0.3) is 11.1 Å². The number of rotatable bonds is 4. The number of carbonyl (C=O) groups excluding carboxylic acids is 2. The number of benzene rings is 1. The van der Waals surface area contributed by atoms with Gasteiger partial charge in [-0.2, -0.15) is 0 Å². The predicted molar refractivity (Wildman–Crippen MR) is 67.7 cm³/mol. The number of fused-ring (bicyclic) bond motifs is 1. The lowest BCUT2D eigenvalue weighted by atomic mass is 10.3. The fourth-order valence-electron chi connectivity index (χ4n) is 1.58. The van der Waals surface area contributed by atoms with E-state index in [4.69, 9.17) is 21.8 Å². The van der Waals surface area contributed by atoms with Gasteiger partial charge in [-0.25, -0.2) is 4.79 Å². The Morgan fingerprint density at radius 1 is 1.42 bits per heavy atom. The molecule has 8 heteroatoms. The molecule has 0 aliphatic heterocycles. The van der Waals surface area contributed by atoms with Crippen molar-refractivity contribution in [3.05, 3.63) is 33.8 Å². The zero-order chi connectivity index (χ0) is 14.0. The van der Waals surface area contributed by atoms with E-state index in [0.29, 0.717) is 16.1 Å². The first kappa shape index (κ1) is 13.2. The Hall–Kier alpha value is -2.28. The first-order chi connectivity index (χ1) is 8.97. The zero-order valence-corrected chi connectivity index (χ0v) is 10.4. The van der Waals surface area contributed by atoms with E-state index < -0.39 is 17.6 Å². The topological polar surface area (TPSA) is 107 Å². The Kier molecular flexibility index (Phi) is 3.57. The molecule has 0 bridgehead atoms. The van der Waals surface area contributed by atoms with E-state index >= 15 is 0 Å². The molecule has 19 heavy (non-hydrogen) atoms. The monoisotopic (exact) mass is 283 g/mol. The van der Waals surface area contributed by atoms with Crippen molar-refractivity contribution >= 4 is 34.5 Å². The molecule has 0 unspecified atom stereocenters. The summed E-state index contributed by atoms with van der Waals surface area (Å²) in [4.78, 5) is 33.7. The first-order valence-corrected chi connectivity index (χ1v) is 5.69. The van der Waals surface area contributed by atoms with Crippen LogP contribution in [0, 0.1) is 0 Å². The molecule has 100 valence electrons. The van der Waals surface area contributed by atoms with Gasteiger partial charge in [-0.15, -0.1) is 0 Å². The summed E-state index contributed by atoms with van der Waals surface area (Å²) in [5, 5.41) is 2.71. The second kappa shape index (κ2) is 5.15. The summed E-state index contributed by atoms with van der Waals surface area (Å²) in [6.07, 6.45) is 0. The molecule has 2 amide bonds. The largest absolute Gasteiger partial charge is 0.420 e. The molecular weight excluding hydrogens is 274 g/mol. The average Bonchev–Trinajstić information content (AvgIpc) is 2.62. The minimum Gasteiger partial charge on any atom is -0.408 e. The van der Waals surface area contributed by atoms with Crippen LogP contribution in [-0.2, 0) is 16.1 Å². The van der Waals surface area contributed by atoms with Gasteiger partial charge in [0.05, 0.1) is 12.1 Å². The SMILES string of the molecule is NC(=O)CNC(=O)Cn1c(=O)oc2cc(Cl)ccc21. The molecule has 0 saturated heterocycles. The predicted octanol–water partition coefficient (Wildman–Crippen LogP) is -0.151. The minimum absolute atomic E-state index is 0.263. The normalized spacial score (nSPS) is 10.6. The molecule has 2 rings (SSSR count). The van der Waals surface area contributed by atoms with Gasteiger partial charge in [-0.3, -0.25) is 14.2 Å². The molecular formula is C11H10ClN3O4. The molecule has 2 aromatic rings. The van der Waals surface area contributed by atoms with E-state index in [-0.39, 0.29) is 13.1 Å². The third-order valence-corrected chi connectivity index (χ3v) is 2.63. The van der Waals surface area contributed by atoms with E-state index in [0.717, 1.165) is 4.57 Å². The molecule has 3 N–H and O–H groups in total. The molecule has 1 aromatic carbocycles. The van der Waals surface area contributed by atoms with Crippen LogP contribution in [0.4, 0.5) is 0 Å². The molecule has 1 heterocycles. The molecule has 0 aliphatic carbocycles. The summed E-state index contributed by atoms with van der Waals surface area (Å²) in [7, 11) is 0. The summed E-state index contributed by atoms with van der Waals surface area (Å²) >= 11 is 5.77. The number of amides is 2. The first-order valence-electron chi connectivity index (χ1n) is 5.31. The number of aromatic nitrogens is 1. The number of hydrogen-bond acceptors (Lipinski definition) is 4. The number of nitrogens with one attached hydrogen (secondary N) is 1. The van der Waals surface area contributed by atoms with Crippen molar-refractivity contribution in [2.45, 2.75) is 6.54 Å². The summed E-state index contributed by atoms with van der Waals surface area (Å²) in [5.74, 6) is -1.85. The van der Waals surface area contributed by atoms with E-state index in [9.17, 15) is 14.4 Å². The number of hydrogen-bond donors (Lipinski definition) is 2. The average molecular weight is 284 g/mol. The zero-order valence-electron chi connectivity index (χ0n) is 9.68. The fraction of sp³-hybridized carbons (Fsp3) is 0.182. The maximum absolute atomic E-state index is 11.6. The minimum atomic E-state index is -0.675. The van der Waals surface area contributed by atoms with E-state index in [1.54, 1.807) is 12.1 Å². The van der Waals surface area contributed by atoms with Crippen LogP contribution < -0.4 is 16.8 Å². The van der Waals surface area contributed by atoms with Gasteiger partial charge in [0.25, 0.3) is 0 Å². The molecule has 0 saturated carbocycles. The highest BCUT2D eigenvalue weighted by Crippen LogP contribution is 2.18. The number of carbonyl (C=O) groups is 2. The second-order valence-corrected chi connectivity index (χ2v) is 4.25. The number of nitrogens with zero attached hydrogens (tertiary/aromatic N) is 1. The van der Waals surface area contributed by atoms with Gasteiger partial charge in [-0.05, 0) is 12.1 Å². The highest BCUT2D eigenvalue weighted by Gasteiger charge is 2.13. The van der Waals surface area contributed by atoms with Gasteiger partial charge < -0.3 is 15.5 Å². The quantitative estimate of drug-likeness (QED) is 0.813. The summed E-state index contributed by atoms with van der Waals surface area (Å²) in [6, 6.07) is 4.64. The number of oxazole rings is 1. The fourth-order valence-corrected chi connectivity index (χ4v) is 1.74. The second-order valence-electron chi connectivity index (χ2n) is 3.81. The van der Waals surface area contributed by atoms with E-state index in [2.05, 4.69) is 5.32 Å². The lowest BCUT2D eigenvalue weighted by Gasteiger charge is -2.03. The van der Waals surface area contributed by atoms with Crippen LogP contribution in [0.5, 0.6) is 0 Å². The highest BCUT2D eigenvalue weighted by atomic mass is 35.5. The Balaban J connectivity index is 2.25. The van der Waals surface area contributed by atoms with Gasteiger partial charge in [0.2, 0.25) is 11.8 Å². The van der Waals surface area contributed by atoms with Crippen molar-refractivity contribution in [1.29, 1.82) is 0 Å². The van der Waals surface area contributed by atoms with Crippen molar-refractivity contribution in [3.63, 3.8) is 0 Å². The molecule has 0 aliphatic rings. The van der Waals surface area contributed by atoms with Crippen LogP contribution in [0.1, 0.15) is 0 Å². The highest BCUT2D eigenvalue weighted by molar-refractivity contribution is 6.31. The Labute approximate surface area is 111 Å². The molecule has 0 fully saturated rings. The standard InChI is InChI=1S/C11H10ClN3O4/c12-6-1-2-7-8(3-6)19-11(18)15(7)5-10(17)14-4-9(13)16/h1-3H,4-5H2,(H2,13,16)(H,14,17). The number of primary amides is 1. The van der Waals surface area contributed by atoms with Crippen molar-refractivity contribution in [2.24, 2.45) is 5.73 Å². The number of halogens is 1. The maximum Gasteiger partial charge on any atom is 0.420 e. The van der Waals surface area contributed by atoms with Crippen molar-refractivity contribution in [1.82, 2.24) is 9.88 Å². The van der Waals surface area contributed by atoms with Crippen molar-refractivity contribution < 1.29 is 14.0 Å². The van der Waals surface area contributed by atoms with E-state index in [1.165, 1.54) is 6.07 Å². The van der Waals surface area contributed by atoms with Crippen LogP contribution in [-0.4, -0.2) is 22.9 Å². The van der Waals surface area contributed by atoms with Crippen LogP contribution >= 0.6 is 11.6 Å². The molecule has 0 spiro atoms. The number of nitrogens with two attached hydrogens (primary N) is 1. The van der Waals surface area contributed by atoms with E-state index in [1.807, 2.05) is 0 Å². The molecule has 7 nitrogen and oxygen atoms in total. The summed E-state index contributed by atoms with van der Waals surface area (Å²) in [6.45, 7) is -0.546. The van der Waals surface area contributed by atoms with Crippen molar-refractivity contribution in [2.75, 3.05) is 6.54 Å². The maximum atomic E-state index is 11.6. The van der Waals surface area contributed by atoms with Gasteiger partial charge in [0.15, 0.2) is 5.58 Å². The molecule has 0 atom stereocenters. The van der Waals surface area contributed by atoms with Crippen molar-refractivity contribution in [3.8, 4) is 0 Å². The lowest BCUT2D eigenvalue weighted by molar-refractivity contribution is -0.125. The Morgan fingerprint density at radius 2 is 2.16 bits per heavy atom. The summed E-state index contributed by atoms with van der Waals surface area (Å²) in [5.41, 5.74) is 5.64. The molecule has 1 aromatic heterocycles. The van der Waals surface area contributed by atoms with Gasteiger partial charge in [0.1, 0.15) is 6.54 Å². The van der Waals surface area contributed by atoms with Gasteiger partial charge in [0, 0.05) is 11.1 Å². The van der Waals surface area contributed by atoms with Crippen LogP contribution in [0.2, 0.25) is 5.02 Å². The Bertz CT molecular complexity index is 704. The van der Waals surface area contributed by atoms with Gasteiger partial charge in [-0.1, -0.05) is 11.6 Å². The van der Waals surface area contributed by atoms with Gasteiger partial charge >= 0.3 is 5.76 Å². The smallest absolute Gasteiger partial charge is 0.408 e. The lowest BCUT2D eigenvalue weighted by Crippen LogP contribution is -2.36. The third-order valence-electron chi connectivity index (χ3n) is 2.39. The molecule has 0 radical (unpaired) electrons. The van der Waals surface area contributed by atoms with Crippen LogP contribution in [0.15, 0.2) is 27.4 Å².